The molecule has 1 aromatic heterocycles. The van der Waals surface area contributed by atoms with Crippen LogP contribution in [0.2, 0.25) is 0 Å². The Morgan fingerprint density at radius 2 is 2.17 bits per heavy atom. The standard InChI is InChI=1S/C14H24N2O2/c1-6-16-11(7-8-15-16)12(17)10-9-13(2,3)18-14(10,4)5/h7-8,10,12,17H,6,9H2,1-5H3. The number of hydrogen-bond donors (Lipinski definition) is 1. The predicted octanol–water partition coefficient (Wildman–Crippen LogP) is 2.53. The van der Waals surface area contributed by atoms with Gasteiger partial charge in [-0.2, -0.15) is 5.10 Å². The molecule has 18 heavy (non-hydrogen) atoms. The molecule has 0 amide bonds. The van der Waals surface area contributed by atoms with Gasteiger partial charge in [0.15, 0.2) is 0 Å². The fourth-order valence-electron chi connectivity index (χ4n) is 3.16. The average Bonchev–Trinajstić information content (AvgIpc) is 2.78. The van der Waals surface area contributed by atoms with E-state index in [-0.39, 0.29) is 17.1 Å². The van der Waals surface area contributed by atoms with Crippen LogP contribution in [0.5, 0.6) is 0 Å². The van der Waals surface area contributed by atoms with E-state index in [1.54, 1.807) is 6.20 Å². The largest absolute Gasteiger partial charge is 0.386 e. The summed E-state index contributed by atoms with van der Waals surface area (Å²) in [5.74, 6) is 0.0921. The summed E-state index contributed by atoms with van der Waals surface area (Å²) in [7, 11) is 0. The Balaban J connectivity index is 2.27. The van der Waals surface area contributed by atoms with E-state index >= 15 is 0 Å². The van der Waals surface area contributed by atoms with Crippen LogP contribution < -0.4 is 0 Å². The zero-order chi connectivity index (χ0) is 13.6. The van der Waals surface area contributed by atoms with Crippen LogP contribution in [0.3, 0.4) is 0 Å². The zero-order valence-corrected chi connectivity index (χ0v) is 12.0. The molecule has 2 heterocycles. The van der Waals surface area contributed by atoms with E-state index in [9.17, 15) is 5.11 Å². The molecular weight excluding hydrogens is 228 g/mol. The summed E-state index contributed by atoms with van der Waals surface area (Å²) in [6, 6.07) is 1.90. The van der Waals surface area contributed by atoms with Crippen LogP contribution in [0.4, 0.5) is 0 Å². The van der Waals surface area contributed by atoms with Gasteiger partial charge in [0.1, 0.15) is 6.10 Å². The maximum atomic E-state index is 10.6. The van der Waals surface area contributed by atoms with Crippen LogP contribution in [-0.2, 0) is 11.3 Å². The lowest BCUT2D eigenvalue weighted by Gasteiger charge is -2.30. The smallest absolute Gasteiger partial charge is 0.101 e. The molecule has 2 atom stereocenters. The molecule has 2 unspecified atom stereocenters. The van der Waals surface area contributed by atoms with E-state index in [1.807, 2.05) is 17.7 Å². The number of aliphatic hydroxyl groups is 1. The topological polar surface area (TPSA) is 47.3 Å². The summed E-state index contributed by atoms with van der Waals surface area (Å²) in [6.07, 6.45) is 2.08. The summed E-state index contributed by atoms with van der Waals surface area (Å²) in [6.45, 7) is 11.1. The Labute approximate surface area is 109 Å². The van der Waals surface area contributed by atoms with Crippen molar-refractivity contribution in [3.63, 3.8) is 0 Å². The van der Waals surface area contributed by atoms with Gasteiger partial charge in [-0.3, -0.25) is 4.68 Å². The average molecular weight is 252 g/mol. The van der Waals surface area contributed by atoms with Crippen molar-refractivity contribution in [1.29, 1.82) is 0 Å². The second-order valence-electron chi connectivity index (χ2n) is 6.29. The van der Waals surface area contributed by atoms with Gasteiger partial charge in [-0.1, -0.05) is 0 Å². The van der Waals surface area contributed by atoms with Crippen LogP contribution in [0.25, 0.3) is 0 Å². The predicted molar refractivity (Wildman–Crippen MR) is 70.2 cm³/mol. The zero-order valence-electron chi connectivity index (χ0n) is 12.0. The molecule has 4 heteroatoms. The molecule has 102 valence electrons. The molecule has 0 bridgehead atoms. The van der Waals surface area contributed by atoms with Crippen molar-refractivity contribution >= 4 is 0 Å². The molecule has 0 aromatic carbocycles. The van der Waals surface area contributed by atoms with E-state index in [4.69, 9.17) is 4.74 Å². The van der Waals surface area contributed by atoms with Crippen molar-refractivity contribution < 1.29 is 9.84 Å². The molecule has 0 saturated carbocycles. The molecule has 1 N–H and O–H groups in total. The minimum Gasteiger partial charge on any atom is -0.386 e. The first-order chi connectivity index (χ1) is 8.27. The second-order valence-corrected chi connectivity index (χ2v) is 6.29. The fourth-order valence-corrected chi connectivity index (χ4v) is 3.16. The van der Waals surface area contributed by atoms with E-state index in [2.05, 4.69) is 32.8 Å². The molecular formula is C14H24N2O2. The molecule has 1 aliphatic heterocycles. The summed E-state index contributed by atoms with van der Waals surface area (Å²) in [4.78, 5) is 0. The maximum Gasteiger partial charge on any atom is 0.101 e. The molecule has 1 aliphatic rings. The Kier molecular flexibility index (Phi) is 3.28. The lowest BCUT2D eigenvalue weighted by atomic mass is 9.82. The van der Waals surface area contributed by atoms with E-state index in [0.29, 0.717) is 0 Å². The van der Waals surface area contributed by atoms with Gasteiger partial charge in [0, 0.05) is 18.7 Å². The summed E-state index contributed by atoms with van der Waals surface area (Å²) in [5, 5.41) is 14.9. The van der Waals surface area contributed by atoms with Gasteiger partial charge < -0.3 is 9.84 Å². The van der Waals surface area contributed by atoms with Gasteiger partial charge in [-0.05, 0) is 47.1 Å². The molecule has 2 rings (SSSR count). The lowest BCUT2D eigenvalue weighted by molar-refractivity contribution is -0.0887. The maximum absolute atomic E-state index is 10.6. The van der Waals surface area contributed by atoms with Crippen LogP contribution in [0.1, 0.15) is 52.8 Å². The highest BCUT2D eigenvalue weighted by Gasteiger charge is 2.49. The SMILES string of the molecule is CCn1nccc1C(O)C1CC(C)(C)OC1(C)C. The Hall–Kier alpha value is -0.870. The Morgan fingerprint density at radius 3 is 2.67 bits per heavy atom. The van der Waals surface area contributed by atoms with Gasteiger partial charge in [0.2, 0.25) is 0 Å². The number of rotatable bonds is 3. The molecule has 0 radical (unpaired) electrons. The lowest BCUT2D eigenvalue weighted by Crippen LogP contribution is -2.33. The van der Waals surface area contributed by atoms with E-state index in [0.717, 1.165) is 18.7 Å². The Bertz CT molecular complexity index is 423. The minimum atomic E-state index is -0.524. The summed E-state index contributed by atoms with van der Waals surface area (Å²) < 4.78 is 7.91. The number of hydrogen-bond acceptors (Lipinski definition) is 3. The number of aliphatic hydroxyl groups excluding tert-OH is 1. The van der Waals surface area contributed by atoms with Crippen LogP contribution in [0, 0.1) is 5.92 Å². The monoisotopic (exact) mass is 252 g/mol. The van der Waals surface area contributed by atoms with Crippen molar-refractivity contribution in [1.82, 2.24) is 9.78 Å². The normalized spacial score (nSPS) is 27.3. The minimum absolute atomic E-state index is 0.0921. The number of aryl methyl sites for hydroxylation is 1. The first kappa shape index (κ1) is 13.6. The van der Waals surface area contributed by atoms with Gasteiger partial charge in [0.25, 0.3) is 0 Å². The second kappa shape index (κ2) is 4.35. The highest BCUT2D eigenvalue weighted by molar-refractivity contribution is 5.10. The quantitative estimate of drug-likeness (QED) is 0.899. The van der Waals surface area contributed by atoms with Crippen molar-refractivity contribution in [2.45, 2.75) is 64.9 Å². The fraction of sp³-hybridized carbons (Fsp3) is 0.786. The molecule has 1 aromatic rings. The van der Waals surface area contributed by atoms with Crippen molar-refractivity contribution in [3.05, 3.63) is 18.0 Å². The first-order valence-corrected chi connectivity index (χ1v) is 6.67. The van der Waals surface area contributed by atoms with Crippen molar-refractivity contribution in [3.8, 4) is 0 Å². The van der Waals surface area contributed by atoms with Gasteiger partial charge in [-0.25, -0.2) is 0 Å². The summed E-state index contributed by atoms with van der Waals surface area (Å²) in [5.41, 5.74) is 0.398. The van der Waals surface area contributed by atoms with Crippen LogP contribution in [-0.4, -0.2) is 26.1 Å². The number of aromatic nitrogens is 2. The molecule has 0 spiro atoms. The van der Waals surface area contributed by atoms with Crippen LogP contribution in [0.15, 0.2) is 12.3 Å². The first-order valence-electron chi connectivity index (χ1n) is 6.67. The van der Waals surface area contributed by atoms with Crippen LogP contribution >= 0.6 is 0 Å². The third kappa shape index (κ3) is 2.31. The van der Waals surface area contributed by atoms with Gasteiger partial charge in [-0.15, -0.1) is 0 Å². The van der Waals surface area contributed by atoms with Gasteiger partial charge in [0.05, 0.1) is 16.9 Å². The van der Waals surface area contributed by atoms with Crippen molar-refractivity contribution in [2.24, 2.45) is 5.92 Å². The third-order valence-electron chi connectivity index (χ3n) is 3.88. The summed E-state index contributed by atoms with van der Waals surface area (Å²) >= 11 is 0. The third-order valence-corrected chi connectivity index (χ3v) is 3.88. The number of ether oxygens (including phenoxy) is 1. The molecule has 4 nitrogen and oxygen atoms in total. The highest BCUT2D eigenvalue weighted by Crippen LogP contribution is 2.47. The highest BCUT2D eigenvalue weighted by atomic mass is 16.5. The van der Waals surface area contributed by atoms with Gasteiger partial charge >= 0.3 is 0 Å². The Morgan fingerprint density at radius 1 is 1.50 bits per heavy atom. The molecule has 1 fully saturated rings. The van der Waals surface area contributed by atoms with Crippen molar-refractivity contribution in [2.75, 3.05) is 0 Å². The number of nitrogens with zero attached hydrogens (tertiary/aromatic N) is 2. The molecule has 1 saturated heterocycles. The molecule has 0 aliphatic carbocycles. The van der Waals surface area contributed by atoms with E-state index in [1.165, 1.54) is 0 Å². The van der Waals surface area contributed by atoms with E-state index < -0.39 is 6.10 Å².